The number of nitrogens with zero attached hydrogens (tertiary/aromatic N) is 3. The lowest BCUT2D eigenvalue weighted by atomic mass is 9.97. The number of amides is 1. The van der Waals surface area contributed by atoms with E-state index in [2.05, 4.69) is 31.4 Å². The second-order valence-electron chi connectivity index (χ2n) is 8.80. The maximum Gasteiger partial charge on any atom is 0.341 e. The highest BCUT2D eigenvalue weighted by Gasteiger charge is 2.24. The maximum atomic E-state index is 13.0. The number of thioether (sulfide) groups is 1. The van der Waals surface area contributed by atoms with Gasteiger partial charge in [0.1, 0.15) is 16.3 Å². The van der Waals surface area contributed by atoms with E-state index in [4.69, 9.17) is 9.47 Å². The van der Waals surface area contributed by atoms with Crippen LogP contribution in [-0.4, -0.2) is 39.5 Å². The number of carbonyl (C=O) groups is 2. The third-order valence-electron chi connectivity index (χ3n) is 6.00. The van der Waals surface area contributed by atoms with Gasteiger partial charge in [0.25, 0.3) is 0 Å². The minimum atomic E-state index is -0.495. The molecule has 0 saturated carbocycles. The predicted octanol–water partition coefficient (Wildman–Crippen LogP) is 7.06. The van der Waals surface area contributed by atoms with E-state index in [1.807, 2.05) is 80.1 Å². The predicted molar refractivity (Wildman–Crippen MR) is 159 cm³/mol. The number of aryl methyl sites for hydroxylation is 2. The number of esters is 1. The van der Waals surface area contributed by atoms with Gasteiger partial charge in [-0.25, -0.2) is 4.79 Å². The van der Waals surface area contributed by atoms with Gasteiger partial charge < -0.3 is 19.4 Å². The molecular weight excluding hydrogens is 600 g/mol. The fourth-order valence-electron chi connectivity index (χ4n) is 4.05. The lowest BCUT2D eigenvalue weighted by molar-refractivity contribution is -0.113. The molecule has 1 atom stereocenters. The summed E-state index contributed by atoms with van der Waals surface area (Å²) in [6.07, 6.45) is -0.334. The van der Waals surface area contributed by atoms with Crippen LogP contribution in [0.2, 0.25) is 0 Å². The fraction of sp³-hybridized carbons (Fsp3) is 0.286. The third-order valence-corrected chi connectivity index (χ3v) is 8.39. The number of rotatable bonds is 10. The first-order valence-electron chi connectivity index (χ1n) is 12.3. The Hall–Kier alpha value is -3.15. The summed E-state index contributed by atoms with van der Waals surface area (Å²) in [7, 11) is 1.34. The molecule has 0 aliphatic rings. The highest BCUT2D eigenvalue weighted by molar-refractivity contribution is 9.10. The standard InChI is InChI=1S/C28H29BrN4O4S2/c1-6-33-25(18(4)37-20-11-9-19(29)10-12-20)31-32-28(33)39-15-23(34)30-26-24(27(35)36-5)22(14-38-26)21-13-16(2)7-8-17(21)3/h7-14,18H,6,15H2,1-5H3,(H,30,34). The van der Waals surface area contributed by atoms with Crippen molar-refractivity contribution in [1.82, 2.24) is 14.8 Å². The van der Waals surface area contributed by atoms with Crippen molar-refractivity contribution in [1.29, 1.82) is 0 Å². The molecule has 8 nitrogen and oxygen atoms in total. The number of aromatic nitrogens is 3. The average molecular weight is 630 g/mol. The van der Waals surface area contributed by atoms with Gasteiger partial charge in [0.15, 0.2) is 17.1 Å². The van der Waals surface area contributed by atoms with Crippen LogP contribution in [0.25, 0.3) is 11.1 Å². The van der Waals surface area contributed by atoms with E-state index in [0.29, 0.717) is 28.1 Å². The molecule has 4 rings (SSSR count). The molecule has 39 heavy (non-hydrogen) atoms. The molecule has 0 bridgehead atoms. The van der Waals surface area contributed by atoms with Crippen LogP contribution in [0.3, 0.4) is 0 Å². The monoisotopic (exact) mass is 628 g/mol. The Morgan fingerprint density at radius 3 is 2.56 bits per heavy atom. The van der Waals surface area contributed by atoms with Crippen molar-refractivity contribution in [3.8, 4) is 16.9 Å². The second-order valence-corrected chi connectivity index (χ2v) is 11.5. The zero-order chi connectivity index (χ0) is 28.1. The number of methoxy groups -OCH3 is 1. The molecule has 0 saturated heterocycles. The van der Waals surface area contributed by atoms with E-state index in [1.165, 1.54) is 30.2 Å². The summed E-state index contributed by atoms with van der Waals surface area (Å²) in [6, 6.07) is 13.7. The maximum absolute atomic E-state index is 13.0. The average Bonchev–Trinajstić information content (AvgIpc) is 3.53. The van der Waals surface area contributed by atoms with Crippen molar-refractivity contribution in [2.24, 2.45) is 0 Å². The number of ether oxygens (including phenoxy) is 2. The fourth-order valence-corrected chi connectivity index (χ4v) is 6.08. The summed E-state index contributed by atoms with van der Waals surface area (Å²) in [6.45, 7) is 8.52. The zero-order valence-corrected chi connectivity index (χ0v) is 25.5. The molecule has 1 unspecified atom stereocenters. The first-order chi connectivity index (χ1) is 18.7. The van der Waals surface area contributed by atoms with Crippen molar-refractivity contribution in [3.63, 3.8) is 0 Å². The minimum absolute atomic E-state index is 0.0946. The molecule has 2 aromatic heterocycles. The highest BCUT2D eigenvalue weighted by Crippen LogP contribution is 2.38. The Balaban J connectivity index is 1.47. The van der Waals surface area contributed by atoms with Crippen LogP contribution in [0.5, 0.6) is 5.75 Å². The number of benzene rings is 2. The van der Waals surface area contributed by atoms with E-state index in [-0.39, 0.29) is 17.8 Å². The van der Waals surface area contributed by atoms with Gasteiger partial charge >= 0.3 is 5.97 Å². The van der Waals surface area contributed by atoms with Gasteiger partial charge in [0.2, 0.25) is 5.91 Å². The molecule has 0 fully saturated rings. The van der Waals surface area contributed by atoms with E-state index < -0.39 is 5.97 Å². The van der Waals surface area contributed by atoms with Crippen LogP contribution in [0.15, 0.2) is 57.5 Å². The zero-order valence-electron chi connectivity index (χ0n) is 22.3. The number of hydrogen-bond donors (Lipinski definition) is 1. The molecule has 0 spiro atoms. The largest absolute Gasteiger partial charge is 0.483 e. The normalized spacial score (nSPS) is 11.7. The molecule has 11 heteroatoms. The van der Waals surface area contributed by atoms with E-state index in [0.717, 1.165) is 32.5 Å². The topological polar surface area (TPSA) is 95.3 Å². The van der Waals surface area contributed by atoms with Crippen molar-refractivity contribution < 1.29 is 19.1 Å². The van der Waals surface area contributed by atoms with Crippen LogP contribution in [0, 0.1) is 13.8 Å². The van der Waals surface area contributed by atoms with E-state index >= 15 is 0 Å². The first kappa shape index (κ1) is 28.8. The summed E-state index contributed by atoms with van der Waals surface area (Å²) in [4.78, 5) is 25.7. The molecule has 2 aromatic carbocycles. The summed E-state index contributed by atoms with van der Waals surface area (Å²) < 4.78 is 14.0. The molecular formula is C28H29BrN4O4S2. The molecule has 2 heterocycles. The Morgan fingerprint density at radius 2 is 1.87 bits per heavy atom. The number of nitrogens with one attached hydrogen (secondary N) is 1. The van der Waals surface area contributed by atoms with Crippen molar-refractivity contribution >= 4 is 55.9 Å². The highest BCUT2D eigenvalue weighted by atomic mass is 79.9. The van der Waals surface area contributed by atoms with Gasteiger partial charge in [-0.1, -0.05) is 51.5 Å². The SMILES string of the molecule is CCn1c(SCC(=O)Nc2scc(-c3cc(C)ccc3C)c2C(=O)OC)nnc1C(C)Oc1ccc(Br)cc1. The third kappa shape index (κ3) is 6.71. The smallest absolute Gasteiger partial charge is 0.341 e. The summed E-state index contributed by atoms with van der Waals surface area (Å²) >= 11 is 6.00. The Kier molecular flexibility index (Phi) is 9.47. The lowest BCUT2D eigenvalue weighted by Crippen LogP contribution is -2.17. The minimum Gasteiger partial charge on any atom is -0.483 e. The Labute approximate surface area is 244 Å². The van der Waals surface area contributed by atoms with E-state index in [1.54, 1.807) is 0 Å². The van der Waals surface area contributed by atoms with Crippen LogP contribution in [0.1, 0.15) is 47.3 Å². The molecule has 1 N–H and O–H groups in total. The number of halogens is 1. The molecule has 1 amide bonds. The van der Waals surface area contributed by atoms with Gasteiger partial charge in [0.05, 0.1) is 12.9 Å². The van der Waals surface area contributed by atoms with Gasteiger partial charge in [-0.3, -0.25) is 4.79 Å². The van der Waals surface area contributed by atoms with Crippen molar-refractivity contribution in [2.45, 2.75) is 45.5 Å². The van der Waals surface area contributed by atoms with Gasteiger partial charge in [-0.05, 0) is 63.1 Å². The summed E-state index contributed by atoms with van der Waals surface area (Å²) in [5.41, 5.74) is 4.14. The Morgan fingerprint density at radius 1 is 1.13 bits per heavy atom. The lowest BCUT2D eigenvalue weighted by Gasteiger charge is -2.15. The van der Waals surface area contributed by atoms with Crippen LogP contribution >= 0.6 is 39.0 Å². The van der Waals surface area contributed by atoms with Crippen LogP contribution < -0.4 is 10.1 Å². The molecule has 0 aliphatic carbocycles. The summed E-state index contributed by atoms with van der Waals surface area (Å²) in [5, 5.41) is 14.5. The quantitative estimate of drug-likeness (QED) is 0.148. The molecule has 204 valence electrons. The second kappa shape index (κ2) is 12.8. The number of thiophene rings is 1. The first-order valence-corrected chi connectivity index (χ1v) is 14.9. The molecule has 0 aliphatic heterocycles. The van der Waals surface area contributed by atoms with Crippen LogP contribution in [0.4, 0.5) is 5.00 Å². The number of anilines is 1. The van der Waals surface area contributed by atoms with Crippen molar-refractivity contribution in [2.75, 3.05) is 18.2 Å². The van der Waals surface area contributed by atoms with Crippen molar-refractivity contribution in [3.05, 3.63) is 74.8 Å². The summed E-state index contributed by atoms with van der Waals surface area (Å²) in [5.74, 6) is 0.739. The van der Waals surface area contributed by atoms with E-state index in [9.17, 15) is 9.59 Å². The molecule has 4 aromatic rings. The van der Waals surface area contributed by atoms with Gasteiger partial charge in [-0.15, -0.1) is 21.5 Å². The van der Waals surface area contributed by atoms with Crippen LogP contribution in [-0.2, 0) is 16.1 Å². The molecule has 0 radical (unpaired) electrons. The number of carbonyl (C=O) groups excluding carboxylic acids is 2. The Bertz CT molecular complexity index is 1480. The van der Waals surface area contributed by atoms with Gasteiger partial charge in [0, 0.05) is 22.0 Å². The van der Waals surface area contributed by atoms with Gasteiger partial charge in [-0.2, -0.15) is 0 Å². The number of hydrogen-bond acceptors (Lipinski definition) is 8.